The summed E-state index contributed by atoms with van der Waals surface area (Å²) in [5.74, 6) is 2.89. The normalized spacial score (nSPS) is 40.5. The SMILES string of the molecule is c1csc(C2C3CNCC32)c1. The minimum Gasteiger partial charge on any atom is -0.316 e. The first-order valence-electron chi connectivity index (χ1n) is 4.21. The molecule has 2 heterocycles. The maximum absolute atomic E-state index is 3.42. The van der Waals surface area contributed by atoms with E-state index in [1.54, 1.807) is 4.88 Å². The molecule has 58 valence electrons. The first-order chi connectivity index (χ1) is 5.47. The van der Waals surface area contributed by atoms with E-state index in [0.717, 1.165) is 17.8 Å². The van der Waals surface area contributed by atoms with Crippen molar-refractivity contribution in [2.24, 2.45) is 11.8 Å². The third-order valence-corrected chi connectivity index (χ3v) is 3.94. The Labute approximate surface area is 70.4 Å². The van der Waals surface area contributed by atoms with Crippen LogP contribution in [0.4, 0.5) is 0 Å². The zero-order valence-corrected chi connectivity index (χ0v) is 7.10. The van der Waals surface area contributed by atoms with Gasteiger partial charge in [0.25, 0.3) is 0 Å². The molecule has 2 fully saturated rings. The van der Waals surface area contributed by atoms with Crippen molar-refractivity contribution in [1.29, 1.82) is 0 Å². The lowest BCUT2D eigenvalue weighted by Crippen LogP contribution is -2.13. The van der Waals surface area contributed by atoms with Gasteiger partial charge in [-0.2, -0.15) is 0 Å². The van der Waals surface area contributed by atoms with Crippen LogP contribution in [-0.2, 0) is 0 Å². The number of fused-ring (bicyclic) bond motifs is 1. The Morgan fingerprint density at radius 1 is 1.36 bits per heavy atom. The summed E-state index contributed by atoms with van der Waals surface area (Å²) < 4.78 is 0. The Morgan fingerprint density at radius 2 is 2.18 bits per heavy atom. The van der Waals surface area contributed by atoms with E-state index >= 15 is 0 Å². The van der Waals surface area contributed by atoms with Gasteiger partial charge < -0.3 is 5.32 Å². The number of hydrogen-bond acceptors (Lipinski definition) is 2. The van der Waals surface area contributed by atoms with Gasteiger partial charge >= 0.3 is 0 Å². The van der Waals surface area contributed by atoms with E-state index in [1.807, 2.05) is 11.3 Å². The first kappa shape index (κ1) is 6.21. The lowest BCUT2D eigenvalue weighted by atomic mass is 10.2. The Bertz CT molecular complexity index is 245. The Hall–Kier alpha value is -0.340. The second kappa shape index (κ2) is 2.08. The summed E-state index contributed by atoms with van der Waals surface area (Å²) in [6.45, 7) is 2.51. The highest BCUT2D eigenvalue weighted by molar-refractivity contribution is 7.10. The summed E-state index contributed by atoms with van der Waals surface area (Å²) in [4.78, 5) is 1.61. The molecule has 2 heteroatoms. The van der Waals surface area contributed by atoms with Gasteiger partial charge in [-0.25, -0.2) is 0 Å². The maximum atomic E-state index is 3.42. The lowest BCUT2D eigenvalue weighted by molar-refractivity contribution is 0.690. The average molecular weight is 165 g/mol. The molecular formula is C9H11NS. The van der Waals surface area contributed by atoms with Crippen molar-refractivity contribution < 1.29 is 0 Å². The molecule has 0 radical (unpaired) electrons. The smallest absolute Gasteiger partial charge is 0.00829 e. The van der Waals surface area contributed by atoms with Crippen molar-refractivity contribution in [2.45, 2.75) is 5.92 Å². The largest absolute Gasteiger partial charge is 0.316 e. The number of piperidine rings is 1. The number of thiophene rings is 1. The second-order valence-corrected chi connectivity index (χ2v) is 4.51. The van der Waals surface area contributed by atoms with Crippen LogP contribution in [-0.4, -0.2) is 13.1 Å². The topological polar surface area (TPSA) is 12.0 Å². The van der Waals surface area contributed by atoms with Gasteiger partial charge in [-0.15, -0.1) is 11.3 Å². The van der Waals surface area contributed by atoms with Crippen LogP contribution < -0.4 is 5.32 Å². The van der Waals surface area contributed by atoms with Gasteiger partial charge in [0.1, 0.15) is 0 Å². The molecule has 1 aromatic rings. The van der Waals surface area contributed by atoms with Crippen molar-refractivity contribution in [1.82, 2.24) is 5.32 Å². The molecule has 2 aliphatic rings. The molecule has 1 aromatic heterocycles. The van der Waals surface area contributed by atoms with Crippen molar-refractivity contribution in [3.8, 4) is 0 Å². The minimum atomic E-state index is 0.927. The zero-order valence-electron chi connectivity index (χ0n) is 6.29. The molecular weight excluding hydrogens is 154 g/mol. The van der Waals surface area contributed by atoms with Gasteiger partial charge in [0.05, 0.1) is 0 Å². The third kappa shape index (κ3) is 0.797. The minimum absolute atomic E-state index is 0.927. The molecule has 0 aromatic carbocycles. The summed E-state index contributed by atoms with van der Waals surface area (Å²) in [6, 6.07) is 4.45. The summed E-state index contributed by atoms with van der Waals surface area (Å²) in [6.07, 6.45) is 0. The van der Waals surface area contributed by atoms with Crippen LogP contribution in [0.15, 0.2) is 17.5 Å². The van der Waals surface area contributed by atoms with Crippen LogP contribution in [0.1, 0.15) is 10.8 Å². The van der Waals surface area contributed by atoms with Crippen molar-refractivity contribution in [3.05, 3.63) is 22.4 Å². The molecule has 2 atom stereocenters. The van der Waals surface area contributed by atoms with Gasteiger partial charge in [-0.3, -0.25) is 0 Å². The summed E-state index contributed by atoms with van der Waals surface area (Å²) in [5, 5.41) is 5.61. The Morgan fingerprint density at radius 3 is 2.82 bits per heavy atom. The van der Waals surface area contributed by atoms with Gasteiger partial charge in [-0.1, -0.05) is 6.07 Å². The molecule has 0 bridgehead atoms. The molecule has 3 rings (SSSR count). The molecule has 1 saturated carbocycles. The molecule has 1 saturated heterocycles. The lowest BCUT2D eigenvalue weighted by Gasteiger charge is -1.99. The van der Waals surface area contributed by atoms with E-state index in [4.69, 9.17) is 0 Å². The molecule has 11 heavy (non-hydrogen) atoms. The predicted octanol–water partition coefficient (Wildman–Crippen LogP) is 1.68. The fraction of sp³-hybridized carbons (Fsp3) is 0.556. The standard InChI is InChI=1S/C9H11NS/c1-2-8(11-3-1)9-6-4-10-5-7(6)9/h1-3,6-7,9-10H,4-5H2. The van der Waals surface area contributed by atoms with E-state index in [9.17, 15) is 0 Å². The van der Waals surface area contributed by atoms with Gasteiger partial charge in [-0.05, 0) is 36.4 Å². The first-order valence-corrected chi connectivity index (χ1v) is 5.09. The maximum Gasteiger partial charge on any atom is 0.00829 e. The molecule has 1 aliphatic carbocycles. The molecule has 1 nitrogen and oxygen atoms in total. The van der Waals surface area contributed by atoms with Crippen LogP contribution >= 0.6 is 11.3 Å². The van der Waals surface area contributed by atoms with E-state index in [-0.39, 0.29) is 0 Å². The summed E-state index contributed by atoms with van der Waals surface area (Å²) in [5.41, 5.74) is 0. The molecule has 1 N–H and O–H groups in total. The number of nitrogens with one attached hydrogen (secondary N) is 1. The summed E-state index contributed by atoms with van der Waals surface area (Å²) >= 11 is 1.92. The van der Waals surface area contributed by atoms with Crippen molar-refractivity contribution in [3.63, 3.8) is 0 Å². The van der Waals surface area contributed by atoms with E-state index in [1.165, 1.54) is 13.1 Å². The molecule has 2 unspecified atom stereocenters. The Kier molecular flexibility index (Phi) is 1.17. The van der Waals surface area contributed by atoms with Crippen LogP contribution in [0.5, 0.6) is 0 Å². The van der Waals surface area contributed by atoms with Gasteiger partial charge in [0, 0.05) is 10.8 Å². The van der Waals surface area contributed by atoms with E-state index in [2.05, 4.69) is 22.8 Å². The highest BCUT2D eigenvalue weighted by Crippen LogP contribution is 2.56. The van der Waals surface area contributed by atoms with Crippen LogP contribution in [0.3, 0.4) is 0 Å². The van der Waals surface area contributed by atoms with Crippen LogP contribution in [0.2, 0.25) is 0 Å². The molecule has 0 spiro atoms. The number of rotatable bonds is 1. The molecule has 0 amide bonds. The van der Waals surface area contributed by atoms with E-state index < -0.39 is 0 Å². The monoisotopic (exact) mass is 165 g/mol. The van der Waals surface area contributed by atoms with Crippen molar-refractivity contribution in [2.75, 3.05) is 13.1 Å². The predicted molar refractivity (Wildman–Crippen MR) is 46.9 cm³/mol. The fourth-order valence-corrected chi connectivity index (χ4v) is 3.30. The average Bonchev–Trinajstić information content (AvgIpc) is 2.57. The van der Waals surface area contributed by atoms with E-state index in [0.29, 0.717) is 0 Å². The highest BCUT2D eigenvalue weighted by atomic mass is 32.1. The molecule has 1 aliphatic heterocycles. The Balaban J connectivity index is 1.85. The summed E-state index contributed by atoms with van der Waals surface area (Å²) in [7, 11) is 0. The third-order valence-electron chi connectivity index (χ3n) is 2.96. The fourth-order valence-electron chi connectivity index (χ4n) is 2.32. The number of hydrogen-bond donors (Lipinski definition) is 1. The quantitative estimate of drug-likeness (QED) is 0.667. The van der Waals surface area contributed by atoms with Crippen molar-refractivity contribution >= 4 is 11.3 Å². The van der Waals surface area contributed by atoms with Crippen LogP contribution in [0.25, 0.3) is 0 Å². The zero-order chi connectivity index (χ0) is 7.26. The second-order valence-electron chi connectivity index (χ2n) is 3.53. The van der Waals surface area contributed by atoms with Crippen LogP contribution in [0, 0.1) is 11.8 Å². The highest BCUT2D eigenvalue weighted by Gasteiger charge is 2.53. The van der Waals surface area contributed by atoms with Gasteiger partial charge in [0.15, 0.2) is 0 Å². The van der Waals surface area contributed by atoms with Gasteiger partial charge in [0.2, 0.25) is 0 Å².